The van der Waals surface area contributed by atoms with Crippen molar-refractivity contribution in [2.75, 3.05) is 44.2 Å². The molecule has 1 unspecified atom stereocenters. The van der Waals surface area contributed by atoms with Gasteiger partial charge in [-0.25, -0.2) is 0 Å². The van der Waals surface area contributed by atoms with Gasteiger partial charge >= 0.3 is 0 Å². The summed E-state index contributed by atoms with van der Waals surface area (Å²) in [5, 5.41) is 0.670. The molecule has 0 N–H and O–H groups in total. The Kier molecular flexibility index (Phi) is 8.72. The Hall–Kier alpha value is 0.177. The van der Waals surface area contributed by atoms with E-state index in [9.17, 15) is 0 Å². The van der Waals surface area contributed by atoms with Crippen molar-refractivity contribution in [3.63, 3.8) is 0 Å². The first-order valence-electron chi connectivity index (χ1n) is 9.12. The minimum Gasteiger partial charge on any atom is -0.416 e. The maximum absolute atomic E-state index is 6.45. The molecule has 1 aliphatic heterocycles. The molecule has 1 heterocycles. The smallest absolute Gasteiger partial charge is 0.183 e. The van der Waals surface area contributed by atoms with E-state index in [1.807, 2.05) is 6.92 Å². The van der Waals surface area contributed by atoms with E-state index in [1.54, 1.807) is 0 Å². The minimum atomic E-state index is -1.42. The number of hydrogen-bond donors (Lipinski definition) is 0. The second kappa shape index (κ2) is 10.1. The monoisotopic (exact) mass is 482 g/mol. The lowest BCUT2D eigenvalue weighted by molar-refractivity contribution is 0.197. The van der Waals surface area contributed by atoms with E-state index < -0.39 is 8.32 Å². The molecule has 4 nitrogen and oxygen atoms in total. The molecular formula is C18H29BrCl2N2O2Si. The molecule has 26 heavy (non-hydrogen) atoms. The molecule has 1 atom stereocenters. The second-order valence-corrected chi connectivity index (χ2v) is 13.5. The normalized spacial score (nSPS) is 17.6. The second-order valence-electron chi connectivity index (χ2n) is 7.61. The number of nitrogens with zero attached hydrogens (tertiary/aromatic N) is 2. The summed E-state index contributed by atoms with van der Waals surface area (Å²) in [4.78, 5) is 4.86. The fraction of sp³-hybridized carbons (Fsp3) is 0.667. The molecule has 0 aliphatic carbocycles. The van der Waals surface area contributed by atoms with Crippen molar-refractivity contribution >= 4 is 53.4 Å². The molecule has 1 saturated heterocycles. The lowest BCUT2D eigenvalue weighted by Crippen LogP contribution is -2.47. The third-order valence-corrected chi connectivity index (χ3v) is 7.11. The highest BCUT2D eigenvalue weighted by Crippen LogP contribution is 2.38. The van der Waals surface area contributed by atoms with E-state index in [2.05, 4.69) is 57.5 Å². The van der Waals surface area contributed by atoms with Crippen LogP contribution in [0.4, 0.5) is 5.69 Å². The summed E-state index contributed by atoms with van der Waals surface area (Å²) in [5.41, 5.74) is 2.08. The zero-order valence-corrected chi connectivity index (χ0v) is 20.1. The van der Waals surface area contributed by atoms with Crippen molar-refractivity contribution in [1.82, 2.24) is 4.90 Å². The summed E-state index contributed by atoms with van der Waals surface area (Å²) in [6.45, 7) is 14.6. The van der Waals surface area contributed by atoms with Gasteiger partial charge in [-0.05, 0) is 54.1 Å². The van der Waals surface area contributed by atoms with Gasteiger partial charge in [-0.1, -0.05) is 18.5 Å². The maximum atomic E-state index is 6.45. The van der Waals surface area contributed by atoms with Gasteiger partial charge in [-0.2, -0.15) is 0 Å². The van der Waals surface area contributed by atoms with Crippen molar-refractivity contribution in [3.05, 3.63) is 27.2 Å². The molecule has 0 spiro atoms. The third kappa shape index (κ3) is 6.36. The van der Waals surface area contributed by atoms with E-state index in [0.29, 0.717) is 5.02 Å². The van der Waals surface area contributed by atoms with Crippen molar-refractivity contribution in [1.29, 1.82) is 0 Å². The Morgan fingerprint density at radius 1 is 1.19 bits per heavy atom. The van der Waals surface area contributed by atoms with Gasteiger partial charge in [0.25, 0.3) is 0 Å². The SMILES string of the molecule is CCC(OCl)c1cc(N2CCN(CCO[Si](C)(C)C)CC2)cc(Br)c1Cl. The summed E-state index contributed by atoms with van der Waals surface area (Å²) < 4.78 is 11.9. The number of rotatable bonds is 8. The van der Waals surface area contributed by atoms with Crippen molar-refractivity contribution in [3.8, 4) is 0 Å². The first-order valence-corrected chi connectivity index (χ1v) is 14.0. The van der Waals surface area contributed by atoms with Gasteiger partial charge in [0, 0.05) is 55.1 Å². The van der Waals surface area contributed by atoms with Gasteiger partial charge in [0.2, 0.25) is 0 Å². The molecule has 0 saturated carbocycles. The van der Waals surface area contributed by atoms with E-state index >= 15 is 0 Å². The van der Waals surface area contributed by atoms with Crippen molar-refractivity contribution < 1.29 is 8.72 Å². The van der Waals surface area contributed by atoms with Crippen LogP contribution in [0.1, 0.15) is 25.0 Å². The van der Waals surface area contributed by atoms with E-state index in [0.717, 1.165) is 61.5 Å². The molecule has 0 aromatic heterocycles. The van der Waals surface area contributed by atoms with Crippen LogP contribution in [0.25, 0.3) is 0 Å². The summed E-state index contributed by atoms with van der Waals surface area (Å²) in [7, 11) is -1.42. The molecule has 1 aliphatic rings. The number of halogens is 3. The van der Waals surface area contributed by atoms with Gasteiger partial charge in [0.1, 0.15) is 6.10 Å². The van der Waals surface area contributed by atoms with Crippen LogP contribution in [0, 0.1) is 0 Å². The lowest BCUT2D eigenvalue weighted by Gasteiger charge is -2.37. The summed E-state index contributed by atoms with van der Waals surface area (Å²) in [6.07, 6.45) is 0.560. The highest BCUT2D eigenvalue weighted by Gasteiger charge is 2.22. The molecule has 0 bridgehead atoms. The fourth-order valence-corrected chi connectivity index (χ4v) is 4.67. The van der Waals surface area contributed by atoms with Crippen LogP contribution in [0.2, 0.25) is 24.7 Å². The Labute approximate surface area is 177 Å². The van der Waals surface area contributed by atoms with Gasteiger partial charge < -0.3 is 9.33 Å². The topological polar surface area (TPSA) is 24.9 Å². The highest BCUT2D eigenvalue weighted by atomic mass is 79.9. The van der Waals surface area contributed by atoms with Crippen molar-refractivity contribution in [2.45, 2.75) is 39.1 Å². The first-order chi connectivity index (χ1) is 12.2. The number of anilines is 1. The number of hydrogen-bond acceptors (Lipinski definition) is 4. The molecule has 1 fully saturated rings. The number of piperazine rings is 1. The van der Waals surface area contributed by atoms with Crippen LogP contribution < -0.4 is 4.90 Å². The van der Waals surface area contributed by atoms with E-state index in [4.69, 9.17) is 32.2 Å². The maximum Gasteiger partial charge on any atom is 0.183 e. The minimum absolute atomic E-state index is 0.208. The molecule has 0 radical (unpaired) electrons. The third-order valence-electron chi connectivity index (χ3n) is 4.55. The fourth-order valence-electron chi connectivity index (χ4n) is 3.05. The quantitative estimate of drug-likeness (QED) is 0.443. The zero-order valence-electron chi connectivity index (χ0n) is 16.0. The predicted octanol–water partition coefficient (Wildman–Crippen LogP) is 5.70. The molecule has 8 heteroatoms. The average molecular weight is 484 g/mol. The van der Waals surface area contributed by atoms with Crippen LogP contribution in [-0.2, 0) is 8.72 Å². The van der Waals surface area contributed by atoms with E-state index in [1.165, 1.54) is 0 Å². The summed E-state index contributed by atoms with van der Waals surface area (Å²) >= 11 is 15.7. The first kappa shape index (κ1) is 22.5. The van der Waals surface area contributed by atoms with E-state index in [-0.39, 0.29) is 6.10 Å². The van der Waals surface area contributed by atoms with Crippen LogP contribution in [0.3, 0.4) is 0 Å². The van der Waals surface area contributed by atoms with Gasteiger partial charge in [-0.3, -0.25) is 9.19 Å². The van der Waals surface area contributed by atoms with Gasteiger partial charge in [0.15, 0.2) is 8.32 Å². The average Bonchev–Trinajstić information content (AvgIpc) is 2.59. The Morgan fingerprint density at radius 3 is 2.38 bits per heavy atom. The summed E-state index contributed by atoms with van der Waals surface area (Å²) in [6, 6.07) is 4.18. The standard InChI is InChI=1S/C18H29BrCl2N2O2Si/c1-5-17(25-21)15-12-14(13-16(19)18(15)20)23-8-6-22(7-9-23)10-11-24-26(2,3)4/h12-13,17H,5-11H2,1-4H3. The molecule has 148 valence electrons. The Balaban J connectivity index is 1.98. The predicted molar refractivity (Wildman–Crippen MR) is 117 cm³/mol. The van der Waals surface area contributed by atoms with Crippen LogP contribution >= 0.6 is 39.4 Å². The number of benzene rings is 1. The Bertz CT molecular complexity index is 589. The highest BCUT2D eigenvalue weighted by molar-refractivity contribution is 9.10. The largest absolute Gasteiger partial charge is 0.416 e. The summed E-state index contributed by atoms with van der Waals surface area (Å²) in [5.74, 6) is 0. The Morgan fingerprint density at radius 2 is 1.85 bits per heavy atom. The van der Waals surface area contributed by atoms with Crippen molar-refractivity contribution in [2.24, 2.45) is 0 Å². The molecule has 0 amide bonds. The van der Waals surface area contributed by atoms with Gasteiger partial charge in [-0.15, -0.1) is 0 Å². The lowest BCUT2D eigenvalue weighted by atomic mass is 10.1. The van der Waals surface area contributed by atoms with Crippen LogP contribution in [0.5, 0.6) is 0 Å². The van der Waals surface area contributed by atoms with Crippen LogP contribution in [0.15, 0.2) is 16.6 Å². The molecule has 1 aromatic rings. The molecular weight excluding hydrogens is 455 g/mol. The molecule has 1 aromatic carbocycles. The van der Waals surface area contributed by atoms with Crippen LogP contribution in [-0.4, -0.2) is 52.5 Å². The zero-order chi connectivity index (χ0) is 19.3. The molecule has 2 rings (SSSR count). The van der Waals surface area contributed by atoms with Gasteiger partial charge in [0.05, 0.1) is 16.9 Å².